The topological polar surface area (TPSA) is 64.9 Å². The Hall–Kier alpha value is -0.870. The highest BCUT2D eigenvalue weighted by Crippen LogP contribution is 2.44. The molecule has 0 radical (unpaired) electrons. The van der Waals surface area contributed by atoms with Crippen LogP contribution in [0.1, 0.15) is 26.3 Å². The molecule has 16 heavy (non-hydrogen) atoms. The maximum atomic E-state index is 14.9. The van der Waals surface area contributed by atoms with E-state index in [9.17, 15) is 4.39 Å². The molecule has 0 aliphatic rings. The van der Waals surface area contributed by atoms with E-state index in [1.54, 1.807) is 20.8 Å². The Balaban J connectivity index is 3.39. The lowest BCUT2D eigenvalue weighted by atomic mass is 9.74. The molecule has 4 N–H and O–H groups in total. The van der Waals surface area contributed by atoms with E-state index in [0.29, 0.717) is 5.02 Å². The Kier molecular flexibility index (Phi) is 3.45. The Bertz CT molecular complexity index is 389. The molecule has 0 aliphatic heterocycles. The van der Waals surface area contributed by atoms with Gasteiger partial charge in [0.05, 0.1) is 5.02 Å². The maximum absolute atomic E-state index is 14.9. The Morgan fingerprint density at radius 1 is 1.44 bits per heavy atom. The highest BCUT2D eigenvalue weighted by atomic mass is 35.5. The summed E-state index contributed by atoms with van der Waals surface area (Å²) in [4.78, 5) is 3.86. The van der Waals surface area contributed by atoms with E-state index >= 15 is 0 Å². The lowest BCUT2D eigenvalue weighted by Gasteiger charge is -2.37. The average Bonchev–Trinajstić information content (AvgIpc) is 2.19. The molecule has 1 atom stereocenters. The third-order valence-electron chi connectivity index (χ3n) is 2.78. The number of alkyl halides is 1. The second kappa shape index (κ2) is 4.18. The first-order valence-corrected chi connectivity index (χ1v) is 5.40. The predicted molar refractivity (Wildman–Crippen MR) is 65.0 cm³/mol. The molecule has 0 amide bonds. The van der Waals surface area contributed by atoms with Gasteiger partial charge in [-0.05, 0) is 6.07 Å². The van der Waals surface area contributed by atoms with E-state index in [1.165, 1.54) is 12.3 Å². The zero-order chi connectivity index (χ0) is 12.6. The molecule has 0 spiro atoms. The van der Waals surface area contributed by atoms with E-state index in [2.05, 4.69) is 4.98 Å². The van der Waals surface area contributed by atoms with E-state index in [0.717, 1.165) is 0 Å². The minimum Gasteiger partial charge on any atom is -0.383 e. The van der Waals surface area contributed by atoms with Crippen LogP contribution in [0.3, 0.4) is 0 Å². The van der Waals surface area contributed by atoms with Crippen molar-refractivity contribution in [3.8, 4) is 0 Å². The van der Waals surface area contributed by atoms with Gasteiger partial charge in [0.15, 0.2) is 5.67 Å². The number of nitrogen functional groups attached to an aromatic ring is 1. The van der Waals surface area contributed by atoms with Gasteiger partial charge < -0.3 is 11.5 Å². The van der Waals surface area contributed by atoms with E-state index < -0.39 is 11.1 Å². The largest absolute Gasteiger partial charge is 0.383 e. The van der Waals surface area contributed by atoms with Crippen LogP contribution in [0.5, 0.6) is 0 Å². The first-order valence-electron chi connectivity index (χ1n) is 5.03. The van der Waals surface area contributed by atoms with Crippen molar-refractivity contribution in [2.24, 2.45) is 11.1 Å². The van der Waals surface area contributed by atoms with Crippen molar-refractivity contribution in [2.45, 2.75) is 26.4 Å². The van der Waals surface area contributed by atoms with Crippen LogP contribution in [-0.2, 0) is 5.67 Å². The molecule has 1 heterocycles. The minimum absolute atomic E-state index is 0.132. The second-order valence-corrected chi connectivity index (χ2v) is 5.28. The summed E-state index contributed by atoms with van der Waals surface area (Å²) in [5.41, 5.74) is 9.07. The zero-order valence-electron chi connectivity index (χ0n) is 9.72. The predicted octanol–water partition coefficient (Wildman–Crippen LogP) is 2.49. The number of aromatic nitrogens is 1. The third kappa shape index (κ3) is 2.13. The smallest absolute Gasteiger partial charge is 0.156 e. The molecule has 3 nitrogen and oxygen atoms in total. The fourth-order valence-electron chi connectivity index (χ4n) is 1.59. The number of nitrogens with two attached hydrogens (primary N) is 2. The van der Waals surface area contributed by atoms with E-state index in [-0.39, 0.29) is 17.9 Å². The quantitative estimate of drug-likeness (QED) is 0.841. The lowest BCUT2D eigenvalue weighted by Crippen LogP contribution is -2.43. The van der Waals surface area contributed by atoms with Crippen LogP contribution in [0.25, 0.3) is 0 Å². The van der Waals surface area contributed by atoms with Gasteiger partial charge in [0.1, 0.15) is 5.82 Å². The summed E-state index contributed by atoms with van der Waals surface area (Å²) >= 11 is 5.80. The van der Waals surface area contributed by atoms with Crippen molar-refractivity contribution in [1.82, 2.24) is 4.98 Å². The molecule has 0 saturated heterocycles. The first-order chi connectivity index (χ1) is 7.22. The summed E-state index contributed by atoms with van der Waals surface area (Å²) in [6.45, 7) is 5.13. The third-order valence-corrected chi connectivity index (χ3v) is 2.99. The number of pyridine rings is 1. The average molecular weight is 246 g/mol. The first kappa shape index (κ1) is 13.2. The highest BCUT2D eigenvalue weighted by molar-refractivity contribution is 6.30. The number of halogens is 2. The molecule has 1 unspecified atom stereocenters. The molecule has 0 aromatic carbocycles. The van der Waals surface area contributed by atoms with Crippen LogP contribution in [0, 0.1) is 5.41 Å². The van der Waals surface area contributed by atoms with E-state index in [4.69, 9.17) is 23.1 Å². The summed E-state index contributed by atoms with van der Waals surface area (Å²) < 4.78 is 14.9. The van der Waals surface area contributed by atoms with Crippen LogP contribution < -0.4 is 11.5 Å². The molecule has 1 aromatic rings. The molecule has 0 saturated carbocycles. The molecule has 1 aromatic heterocycles. The van der Waals surface area contributed by atoms with Gasteiger partial charge in [-0.2, -0.15) is 0 Å². The van der Waals surface area contributed by atoms with Crippen molar-refractivity contribution in [3.63, 3.8) is 0 Å². The van der Waals surface area contributed by atoms with E-state index in [1.807, 2.05) is 0 Å². The summed E-state index contributed by atoms with van der Waals surface area (Å²) in [6.07, 6.45) is 1.39. The summed E-state index contributed by atoms with van der Waals surface area (Å²) in [7, 11) is 0. The zero-order valence-corrected chi connectivity index (χ0v) is 10.5. The Morgan fingerprint density at radius 2 is 2.00 bits per heavy atom. The van der Waals surface area contributed by atoms with Crippen molar-refractivity contribution in [2.75, 3.05) is 12.3 Å². The van der Waals surface area contributed by atoms with Crippen LogP contribution in [-0.4, -0.2) is 11.5 Å². The fraction of sp³-hybridized carbons (Fsp3) is 0.545. The van der Waals surface area contributed by atoms with Gasteiger partial charge in [-0.1, -0.05) is 32.4 Å². The minimum atomic E-state index is -1.74. The van der Waals surface area contributed by atoms with Gasteiger partial charge >= 0.3 is 0 Å². The normalized spacial score (nSPS) is 15.9. The molecule has 5 heteroatoms. The van der Waals surface area contributed by atoms with Gasteiger partial charge in [0, 0.05) is 23.7 Å². The number of nitrogens with zero attached hydrogens (tertiary/aromatic N) is 1. The Morgan fingerprint density at radius 3 is 2.44 bits per heavy atom. The van der Waals surface area contributed by atoms with Crippen LogP contribution in [0.15, 0.2) is 12.3 Å². The van der Waals surface area contributed by atoms with Crippen molar-refractivity contribution in [3.05, 3.63) is 22.8 Å². The van der Waals surface area contributed by atoms with Gasteiger partial charge in [-0.3, -0.25) is 0 Å². The lowest BCUT2D eigenvalue weighted by molar-refractivity contribution is 0.0348. The monoisotopic (exact) mass is 245 g/mol. The maximum Gasteiger partial charge on any atom is 0.156 e. The van der Waals surface area contributed by atoms with Gasteiger partial charge in [-0.15, -0.1) is 0 Å². The summed E-state index contributed by atoms with van der Waals surface area (Å²) in [5.74, 6) is 0.132. The van der Waals surface area contributed by atoms with Gasteiger partial charge in [0.25, 0.3) is 0 Å². The standard InChI is InChI=1S/C11H17ClFN3/c1-10(2,3)11(13,6-14)8-4-7(12)5-16-9(8)15/h4-5H,6,14H2,1-3H3,(H2,15,16). The number of hydrogen-bond acceptors (Lipinski definition) is 3. The molecule has 90 valence electrons. The molecule has 0 aliphatic carbocycles. The molecular formula is C11H17ClFN3. The number of anilines is 1. The van der Waals surface area contributed by atoms with Gasteiger partial charge in [-0.25, -0.2) is 9.37 Å². The Labute approximate surface area is 100.0 Å². The molecular weight excluding hydrogens is 229 g/mol. The number of rotatable bonds is 2. The molecule has 0 bridgehead atoms. The van der Waals surface area contributed by atoms with Crippen LogP contribution in [0.2, 0.25) is 5.02 Å². The van der Waals surface area contributed by atoms with Crippen molar-refractivity contribution < 1.29 is 4.39 Å². The molecule has 1 rings (SSSR count). The van der Waals surface area contributed by atoms with Gasteiger partial charge in [0.2, 0.25) is 0 Å². The fourth-order valence-corrected chi connectivity index (χ4v) is 1.75. The highest BCUT2D eigenvalue weighted by Gasteiger charge is 2.44. The van der Waals surface area contributed by atoms with Crippen molar-refractivity contribution >= 4 is 17.4 Å². The summed E-state index contributed by atoms with van der Waals surface area (Å²) in [5, 5.41) is 0.351. The van der Waals surface area contributed by atoms with Crippen LogP contribution >= 0.6 is 11.6 Å². The molecule has 0 fully saturated rings. The number of hydrogen-bond donors (Lipinski definition) is 2. The summed E-state index contributed by atoms with van der Waals surface area (Å²) in [6, 6.07) is 1.49. The second-order valence-electron chi connectivity index (χ2n) is 4.84. The SMILES string of the molecule is CC(C)(C)C(F)(CN)c1cc(Cl)cnc1N. The van der Waals surface area contributed by atoms with Crippen LogP contribution in [0.4, 0.5) is 10.2 Å². The van der Waals surface area contributed by atoms with Crippen molar-refractivity contribution in [1.29, 1.82) is 0 Å².